The second kappa shape index (κ2) is 6.66. The molecule has 1 aliphatic heterocycles. The number of carboxylic acids is 1. The lowest BCUT2D eigenvalue weighted by atomic mass is 9.92. The molecular weight excluding hydrogens is 264 g/mol. The number of nitrogens with zero attached hydrogens (tertiary/aromatic N) is 1. The molecule has 0 amide bonds. The van der Waals surface area contributed by atoms with Gasteiger partial charge in [0.05, 0.1) is 5.92 Å². The summed E-state index contributed by atoms with van der Waals surface area (Å²) in [4.78, 5) is 13.9. The van der Waals surface area contributed by atoms with Crippen molar-refractivity contribution >= 4 is 5.97 Å². The molecule has 0 bridgehead atoms. The van der Waals surface area contributed by atoms with Crippen LogP contribution >= 0.6 is 0 Å². The number of likely N-dealkylation sites (tertiary alicyclic amines) is 1. The first kappa shape index (κ1) is 15.3. The van der Waals surface area contributed by atoms with E-state index in [9.17, 15) is 9.90 Å². The van der Waals surface area contributed by atoms with Crippen molar-refractivity contribution in [1.82, 2.24) is 10.2 Å². The van der Waals surface area contributed by atoms with E-state index in [0.29, 0.717) is 12.1 Å². The summed E-state index contributed by atoms with van der Waals surface area (Å²) in [7, 11) is 0. The number of carbonyl (C=O) groups is 1. The Morgan fingerprint density at radius 1 is 1.24 bits per heavy atom. The Kier molecular flexibility index (Phi) is 4.85. The molecule has 1 heterocycles. The smallest absolute Gasteiger partial charge is 0.307 e. The van der Waals surface area contributed by atoms with Crippen LogP contribution in [0.3, 0.4) is 0 Å². The summed E-state index contributed by atoms with van der Waals surface area (Å²) in [5.74, 6) is 0.828. The van der Waals surface area contributed by atoms with Gasteiger partial charge in [0.2, 0.25) is 0 Å². The molecule has 4 nitrogen and oxygen atoms in total. The van der Waals surface area contributed by atoms with Crippen LogP contribution in [0.25, 0.3) is 0 Å². The fourth-order valence-corrected chi connectivity index (χ4v) is 4.22. The zero-order chi connectivity index (χ0) is 14.8. The van der Waals surface area contributed by atoms with Crippen LogP contribution in [-0.2, 0) is 4.79 Å². The van der Waals surface area contributed by atoms with Crippen LogP contribution in [0.1, 0.15) is 51.9 Å². The van der Waals surface area contributed by atoms with Gasteiger partial charge in [0.15, 0.2) is 0 Å². The number of aliphatic carboxylic acids is 1. The molecular formula is C17H30N2O2. The molecule has 4 heteroatoms. The van der Waals surface area contributed by atoms with Crippen LogP contribution in [0, 0.1) is 17.8 Å². The third-order valence-corrected chi connectivity index (χ3v) is 5.88. The zero-order valence-electron chi connectivity index (χ0n) is 13.3. The van der Waals surface area contributed by atoms with E-state index in [-0.39, 0.29) is 5.92 Å². The average molecular weight is 294 g/mol. The van der Waals surface area contributed by atoms with Gasteiger partial charge in [-0.3, -0.25) is 9.69 Å². The predicted octanol–water partition coefficient (Wildman–Crippen LogP) is 2.34. The van der Waals surface area contributed by atoms with Gasteiger partial charge in [0, 0.05) is 25.2 Å². The molecule has 3 rings (SSSR count). The lowest BCUT2D eigenvalue weighted by Crippen LogP contribution is -2.54. The zero-order valence-corrected chi connectivity index (χ0v) is 13.3. The minimum atomic E-state index is -0.615. The molecule has 0 aromatic heterocycles. The number of hydrogen-bond acceptors (Lipinski definition) is 3. The topological polar surface area (TPSA) is 52.6 Å². The van der Waals surface area contributed by atoms with Gasteiger partial charge in [-0.1, -0.05) is 12.8 Å². The van der Waals surface area contributed by atoms with Crippen LogP contribution in [0.5, 0.6) is 0 Å². The average Bonchev–Trinajstić information content (AvgIpc) is 3.20. The van der Waals surface area contributed by atoms with Crippen molar-refractivity contribution in [2.45, 2.75) is 64.0 Å². The van der Waals surface area contributed by atoms with E-state index in [1.165, 1.54) is 38.5 Å². The van der Waals surface area contributed by atoms with Crippen molar-refractivity contribution in [2.75, 3.05) is 19.6 Å². The largest absolute Gasteiger partial charge is 0.481 e. The van der Waals surface area contributed by atoms with Crippen LogP contribution in [0.4, 0.5) is 0 Å². The molecule has 0 spiro atoms. The molecule has 3 aliphatic rings. The maximum atomic E-state index is 11.5. The monoisotopic (exact) mass is 294 g/mol. The number of nitrogens with one attached hydrogen (secondary N) is 1. The van der Waals surface area contributed by atoms with Crippen LogP contribution < -0.4 is 5.32 Å². The van der Waals surface area contributed by atoms with Gasteiger partial charge in [-0.15, -0.1) is 0 Å². The maximum Gasteiger partial charge on any atom is 0.307 e. The molecule has 1 saturated heterocycles. The number of rotatable bonds is 6. The minimum Gasteiger partial charge on any atom is -0.481 e. The van der Waals surface area contributed by atoms with Gasteiger partial charge in [0.25, 0.3) is 0 Å². The quantitative estimate of drug-likeness (QED) is 0.789. The maximum absolute atomic E-state index is 11.5. The van der Waals surface area contributed by atoms with E-state index < -0.39 is 5.97 Å². The first-order chi connectivity index (χ1) is 10.1. The molecule has 3 unspecified atom stereocenters. The highest BCUT2D eigenvalue weighted by Crippen LogP contribution is 2.36. The van der Waals surface area contributed by atoms with Gasteiger partial charge in [-0.05, 0) is 57.4 Å². The third kappa shape index (κ3) is 3.98. The molecule has 0 aromatic carbocycles. The van der Waals surface area contributed by atoms with Gasteiger partial charge in [-0.2, -0.15) is 0 Å². The van der Waals surface area contributed by atoms with Crippen molar-refractivity contribution in [3.05, 3.63) is 0 Å². The summed E-state index contributed by atoms with van der Waals surface area (Å²) in [6, 6.07) is 0.921. The van der Waals surface area contributed by atoms with Crippen LogP contribution in [-0.4, -0.2) is 47.7 Å². The van der Waals surface area contributed by atoms with Gasteiger partial charge >= 0.3 is 5.97 Å². The summed E-state index contributed by atoms with van der Waals surface area (Å²) in [6.07, 6.45) is 8.91. The Balaban J connectivity index is 1.54. The number of piperidine rings is 1. The van der Waals surface area contributed by atoms with Crippen molar-refractivity contribution < 1.29 is 9.90 Å². The van der Waals surface area contributed by atoms with Crippen LogP contribution in [0.2, 0.25) is 0 Å². The fourth-order valence-electron chi connectivity index (χ4n) is 4.22. The summed E-state index contributed by atoms with van der Waals surface area (Å²) in [6.45, 7) is 5.15. The Hall–Kier alpha value is -0.610. The number of carboxylic acid groups (broad SMARTS) is 1. The van der Waals surface area contributed by atoms with E-state index in [1.54, 1.807) is 0 Å². The summed E-state index contributed by atoms with van der Waals surface area (Å²) in [5, 5.41) is 13.1. The Morgan fingerprint density at radius 2 is 1.95 bits per heavy atom. The SMILES string of the molecule is CC(C1CC1)N1CC(NCC2CCCC2)CC(C(=O)O)C1. The van der Waals surface area contributed by atoms with E-state index in [0.717, 1.165) is 37.9 Å². The normalized spacial score (nSPS) is 33.2. The highest BCUT2D eigenvalue weighted by atomic mass is 16.4. The molecule has 120 valence electrons. The van der Waals surface area contributed by atoms with Crippen molar-refractivity contribution in [2.24, 2.45) is 17.8 Å². The van der Waals surface area contributed by atoms with Crippen molar-refractivity contribution in [3.8, 4) is 0 Å². The van der Waals surface area contributed by atoms with E-state index in [2.05, 4.69) is 17.1 Å². The van der Waals surface area contributed by atoms with E-state index in [4.69, 9.17) is 0 Å². The molecule has 0 aromatic rings. The molecule has 2 saturated carbocycles. The standard InChI is InChI=1S/C17H30N2O2/c1-12(14-6-7-14)19-10-15(17(20)21)8-16(11-19)18-9-13-4-2-3-5-13/h12-16,18H,2-11H2,1H3,(H,20,21). The first-order valence-corrected chi connectivity index (χ1v) is 8.83. The third-order valence-electron chi connectivity index (χ3n) is 5.88. The summed E-state index contributed by atoms with van der Waals surface area (Å²) < 4.78 is 0. The Morgan fingerprint density at radius 3 is 2.57 bits per heavy atom. The fraction of sp³-hybridized carbons (Fsp3) is 0.941. The molecule has 3 atom stereocenters. The van der Waals surface area contributed by atoms with E-state index in [1.807, 2.05) is 0 Å². The van der Waals surface area contributed by atoms with E-state index >= 15 is 0 Å². The highest BCUT2D eigenvalue weighted by molar-refractivity contribution is 5.70. The molecule has 0 radical (unpaired) electrons. The molecule has 2 aliphatic carbocycles. The second-order valence-corrected chi connectivity index (χ2v) is 7.56. The van der Waals surface area contributed by atoms with Crippen LogP contribution in [0.15, 0.2) is 0 Å². The summed E-state index contributed by atoms with van der Waals surface area (Å²) >= 11 is 0. The molecule has 2 N–H and O–H groups in total. The van der Waals surface area contributed by atoms with Gasteiger partial charge < -0.3 is 10.4 Å². The highest BCUT2D eigenvalue weighted by Gasteiger charge is 2.38. The lowest BCUT2D eigenvalue weighted by Gasteiger charge is -2.40. The molecule has 21 heavy (non-hydrogen) atoms. The van der Waals surface area contributed by atoms with Crippen molar-refractivity contribution in [1.29, 1.82) is 0 Å². The Bertz CT molecular complexity index is 364. The second-order valence-electron chi connectivity index (χ2n) is 7.56. The first-order valence-electron chi connectivity index (χ1n) is 8.83. The van der Waals surface area contributed by atoms with Gasteiger partial charge in [-0.25, -0.2) is 0 Å². The number of hydrogen-bond donors (Lipinski definition) is 2. The van der Waals surface area contributed by atoms with Gasteiger partial charge in [0.1, 0.15) is 0 Å². The minimum absolute atomic E-state index is 0.193. The lowest BCUT2D eigenvalue weighted by molar-refractivity contribution is -0.144. The predicted molar refractivity (Wildman–Crippen MR) is 83.3 cm³/mol. The summed E-state index contributed by atoms with van der Waals surface area (Å²) in [5.41, 5.74) is 0. The Labute approximate surface area is 128 Å². The van der Waals surface area contributed by atoms with Crippen molar-refractivity contribution in [3.63, 3.8) is 0 Å². The molecule has 3 fully saturated rings.